The molecule has 3 N–H and O–H groups in total. The van der Waals surface area contributed by atoms with Crippen LogP contribution in [0.5, 0.6) is 0 Å². The zero-order valence-corrected chi connectivity index (χ0v) is 16.3. The van der Waals surface area contributed by atoms with Gasteiger partial charge in [0.2, 0.25) is 11.5 Å². The topological polar surface area (TPSA) is 115 Å². The van der Waals surface area contributed by atoms with Gasteiger partial charge in [0, 0.05) is 23.1 Å². The summed E-state index contributed by atoms with van der Waals surface area (Å²) in [5.74, 6) is 0.449. The molecule has 0 spiro atoms. The number of aromatic nitrogens is 3. The maximum absolute atomic E-state index is 12.3. The van der Waals surface area contributed by atoms with Crippen LogP contribution < -0.4 is 16.1 Å². The first-order chi connectivity index (χ1) is 13.8. The number of benzene rings is 1. The van der Waals surface area contributed by atoms with E-state index in [4.69, 9.17) is 8.94 Å². The second-order valence-electron chi connectivity index (χ2n) is 7.89. The molecule has 1 aromatic carbocycles. The molecule has 4 rings (SSSR count). The minimum absolute atomic E-state index is 0.171. The summed E-state index contributed by atoms with van der Waals surface area (Å²) in [5.41, 5.74) is 3.49. The number of oxazole rings is 1. The molecule has 148 valence electrons. The Morgan fingerprint density at radius 1 is 1.17 bits per heavy atom. The van der Waals surface area contributed by atoms with Gasteiger partial charge in [-0.05, 0) is 11.1 Å². The first-order valence-corrected chi connectivity index (χ1v) is 9.19. The highest BCUT2D eigenvalue weighted by Crippen LogP contribution is 2.24. The van der Waals surface area contributed by atoms with Crippen molar-refractivity contribution in [3.8, 4) is 11.1 Å². The van der Waals surface area contributed by atoms with Gasteiger partial charge in [0.05, 0.1) is 12.6 Å². The number of carbonyl (C=O) groups excluding carboxylic acids is 1. The molecule has 0 radical (unpaired) electrons. The summed E-state index contributed by atoms with van der Waals surface area (Å²) in [5, 5.41) is 6.66. The van der Waals surface area contributed by atoms with Crippen molar-refractivity contribution in [1.82, 2.24) is 10.1 Å². The summed E-state index contributed by atoms with van der Waals surface area (Å²) in [4.78, 5) is 29.1. The van der Waals surface area contributed by atoms with Gasteiger partial charge in [-0.2, -0.15) is 9.78 Å². The van der Waals surface area contributed by atoms with E-state index in [1.54, 1.807) is 18.3 Å². The third-order valence-corrected chi connectivity index (χ3v) is 4.50. The molecule has 0 fully saturated rings. The van der Waals surface area contributed by atoms with Crippen molar-refractivity contribution in [2.75, 3.05) is 5.32 Å². The molecule has 0 aliphatic rings. The Bertz CT molecular complexity index is 1230. The first-order valence-electron chi connectivity index (χ1n) is 9.19. The van der Waals surface area contributed by atoms with Gasteiger partial charge in [-0.15, -0.1) is 0 Å². The number of anilines is 1. The predicted molar refractivity (Wildman–Crippen MR) is 106 cm³/mol. The SMILES string of the molecule is CC(C)(C)c1cc(NC(=O)Cc2ccc(-c3c[nH+]c4[nH]c(=O)oc4c3)cc2)no1. The minimum atomic E-state index is -0.503. The van der Waals surface area contributed by atoms with Crippen LogP contribution in [0.2, 0.25) is 0 Å². The Hall–Kier alpha value is -3.68. The second kappa shape index (κ2) is 7.05. The zero-order chi connectivity index (χ0) is 20.6. The summed E-state index contributed by atoms with van der Waals surface area (Å²) in [6.45, 7) is 6.04. The number of amides is 1. The fourth-order valence-corrected chi connectivity index (χ4v) is 2.92. The molecule has 29 heavy (non-hydrogen) atoms. The molecular formula is C21H21N4O4+. The highest BCUT2D eigenvalue weighted by molar-refractivity contribution is 5.91. The summed E-state index contributed by atoms with van der Waals surface area (Å²) in [7, 11) is 0. The highest BCUT2D eigenvalue weighted by Gasteiger charge is 2.20. The molecule has 0 unspecified atom stereocenters. The van der Waals surface area contributed by atoms with Crippen molar-refractivity contribution in [3.05, 3.63) is 64.5 Å². The van der Waals surface area contributed by atoms with Gasteiger partial charge in [-0.25, -0.2) is 4.98 Å². The maximum atomic E-state index is 12.3. The van der Waals surface area contributed by atoms with Crippen LogP contribution in [0.1, 0.15) is 32.1 Å². The van der Waals surface area contributed by atoms with E-state index in [1.165, 1.54) is 0 Å². The van der Waals surface area contributed by atoms with Gasteiger partial charge in [-0.3, -0.25) is 4.79 Å². The fraction of sp³-hybridized carbons (Fsp3) is 0.238. The lowest BCUT2D eigenvalue weighted by atomic mass is 9.93. The van der Waals surface area contributed by atoms with E-state index in [1.807, 2.05) is 45.0 Å². The molecule has 4 aromatic rings. The van der Waals surface area contributed by atoms with Gasteiger partial charge in [0.25, 0.3) is 0 Å². The van der Waals surface area contributed by atoms with Crippen LogP contribution in [0.3, 0.4) is 0 Å². The number of rotatable bonds is 4. The Morgan fingerprint density at radius 2 is 1.93 bits per heavy atom. The van der Waals surface area contributed by atoms with Crippen molar-refractivity contribution in [2.45, 2.75) is 32.6 Å². The number of pyridine rings is 1. The van der Waals surface area contributed by atoms with Gasteiger partial charge >= 0.3 is 11.4 Å². The van der Waals surface area contributed by atoms with Crippen LogP contribution in [0, 0.1) is 0 Å². The monoisotopic (exact) mass is 393 g/mol. The minimum Gasteiger partial charge on any atom is -0.383 e. The van der Waals surface area contributed by atoms with Gasteiger partial charge in [0.15, 0.2) is 5.82 Å². The molecule has 0 aliphatic carbocycles. The van der Waals surface area contributed by atoms with Crippen molar-refractivity contribution in [1.29, 1.82) is 0 Å². The molecule has 8 nitrogen and oxygen atoms in total. The van der Waals surface area contributed by atoms with Crippen LogP contribution in [-0.4, -0.2) is 16.0 Å². The molecule has 0 aliphatic heterocycles. The molecule has 0 atom stereocenters. The number of hydrogen-bond acceptors (Lipinski definition) is 5. The largest absolute Gasteiger partial charge is 0.510 e. The number of hydrogen-bond donors (Lipinski definition) is 2. The van der Waals surface area contributed by atoms with E-state index in [-0.39, 0.29) is 17.7 Å². The Balaban J connectivity index is 1.44. The van der Waals surface area contributed by atoms with E-state index < -0.39 is 5.76 Å². The quantitative estimate of drug-likeness (QED) is 0.553. The van der Waals surface area contributed by atoms with E-state index in [2.05, 4.69) is 20.4 Å². The maximum Gasteiger partial charge on any atom is 0.510 e. The van der Waals surface area contributed by atoms with E-state index in [9.17, 15) is 9.59 Å². The number of fused-ring (bicyclic) bond motifs is 1. The molecule has 0 saturated heterocycles. The number of H-pyrrole nitrogens is 2. The van der Waals surface area contributed by atoms with Crippen LogP contribution in [0.4, 0.5) is 5.82 Å². The van der Waals surface area contributed by atoms with Crippen molar-refractivity contribution < 1.29 is 18.7 Å². The van der Waals surface area contributed by atoms with Gasteiger partial charge in [-0.1, -0.05) is 50.2 Å². The molecule has 3 heterocycles. The van der Waals surface area contributed by atoms with Crippen LogP contribution in [-0.2, 0) is 16.6 Å². The number of nitrogens with zero attached hydrogens (tertiary/aromatic N) is 1. The smallest absolute Gasteiger partial charge is 0.383 e. The van der Waals surface area contributed by atoms with E-state index in [0.717, 1.165) is 16.7 Å². The van der Waals surface area contributed by atoms with Crippen LogP contribution in [0.25, 0.3) is 22.4 Å². The molecule has 0 saturated carbocycles. The zero-order valence-electron chi connectivity index (χ0n) is 16.3. The van der Waals surface area contributed by atoms with E-state index >= 15 is 0 Å². The number of carbonyl (C=O) groups is 1. The molecule has 1 amide bonds. The van der Waals surface area contributed by atoms with Gasteiger partial charge < -0.3 is 14.3 Å². The lowest BCUT2D eigenvalue weighted by molar-refractivity contribution is -0.346. The standard InChI is InChI=1S/C21H20N4O4/c1-21(2,3)16-10-17(25-29-16)23-18(26)8-12-4-6-13(7-5-12)14-9-15-19(22-11-14)24-20(27)28-15/h4-7,9-11H,8H2,1-3H3,(H,22,24,27)(H,23,25,26)/p+1. The summed E-state index contributed by atoms with van der Waals surface area (Å²) in [6.07, 6.45) is 2.00. The third-order valence-electron chi connectivity index (χ3n) is 4.50. The average molecular weight is 393 g/mol. The fourth-order valence-electron chi connectivity index (χ4n) is 2.92. The predicted octanol–water partition coefficient (Wildman–Crippen LogP) is 3.07. The lowest BCUT2D eigenvalue weighted by Gasteiger charge is -2.12. The normalized spacial score (nSPS) is 11.7. The Kier molecular flexibility index (Phi) is 4.54. The van der Waals surface area contributed by atoms with Crippen molar-refractivity contribution in [2.24, 2.45) is 0 Å². The van der Waals surface area contributed by atoms with Crippen LogP contribution in [0.15, 0.2) is 56.3 Å². The summed E-state index contributed by atoms with van der Waals surface area (Å²) < 4.78 is 10.4. The second-order valence-corrected chi connectivity index (χ2v) is 7.89. The lowest BCUT2D eigenvalue weighted by Crippen LogP contribution is -2.14. The Morgan fingerprint density at radius 3 is 2.62 bits per heavy atom. The van der Waals surface area contributed by atoms with Crippen molar-refractivity contribution in [3.63, 3.8) is 0 Å². The molecule has 3 aromatic heterocycles. The number of nitrogens with one attached hydrogen (secondary N) is 3. The average Bonchev–Trinajstić information content (AvgIpc) is 3.27. The molecule has 8 heteroatoms. The Labute approximate surface area is 165 Å². The summed E-state index contributed by atoms with van der Waals surface area (Å²) in [6, 6.07) is 11.1. The molecule has 0 bridgehead atoms. The van der Waals surface area contributed by atoms with Crippen LogP contribution >= 0.6 is 0 Å². The highest BCUT2D eigenvalue weighted by atomic mass is 16.5. The molecular weight excluding hydrogens is 372 g/mol. The van der Waals surface area contributed by atoms with Gasteiger partial charge in [0.1, 0.15) is 5.76 Å². The van der Waals surface area contributed by atoms with Crippen molar-refractivity contribution >= 4 is 23.0 Å². The number of aromatic amines is 2. The first kappa shape index (κ1) is 18.7. The third kappa shape index (κ3) is 4.11. The summed E-state index contributed by atoms with van der Waals surface area (Å²) >= 11 is 0. The van der Waals surface area contributed by atoms with E-state index in [0.29, 0.717) is 22.8 Å².